The second-order valence-corrected chi connectivity index (χ2v) is 8.14. The van der Waals surface area contributed by atoms with Crippen LogP contribution in [0.5, 0.6) is 11.5 Å². The van der Waals surface area contributed by atoms with Crippen LogP contribution in [0.1, 0.15) is 61.1 Å². The van der Waals surface area contributed by atoms with Crippen LogP contribution in [0, 0.1) is 27.7 Å². The summed E-state index contributed by atoms with van der Waals surface area (Å²) in [4.78, 5) is 0. The third-order valence-corrected chi connectivity index (χ3v) is 4.36. The van der Waals surface area contributed by atoms with Gasteiger partial charge in [0.15, 0.2) is 0 Å². The fourth-order valence-corrected chi connectivity index (χ4v) is 3.19. The van der Waals surface area contributed by atoms with Crippen molar-refractivity contribution in [2.75, 3.05) is 0 Å². The van der Waals surface area contributed by atoms with Crippen LogP contribution in [0.4, 0.5) is 0 Å². The lowest BCUT2D eigenvalue weighted by Gasteiger charge is -2.28. The highest BCUT2D eigenvalue weighted by Gasteiger charge is 2.27. The minimum atomic E-state index is -1.03. The number of rotatable bonds is 4. The fraction of sp³-hybridized carbons (Fsp3) is 0.455. The molecule has 0 fully saturated rings. The van der Waals surface area contributed by atoms with Crippen molar-refractivity contribution < 1.29 is 14.9 Å². The molecule has 0 unspecified atom stereocenters. The zero-order valence-corrected chi connectivity index (χ0v) is 16.6. The Morgan fingerprint density at radius 3 is 1.24 bits per heavy atom. The average Bonchev–Trinajstić information content (AvgIpc) is 2.40. The Balaban J connectivity index is 2.70. The van der Waals surface area contributed by atoms with E-state index in [1.807, 2.05) is 52.0 Å². The fourth-order valence-electron chi connectivity index (χ4n) is 3.19. The Kier molecular flexibility index (Phi) is 5.04. The van der Waals surface area contributed by atoms with Crippen molar-refractivity contribution in [2.45, 2.75) is 66.6 Å². The van der Waals surface area contributed by atoms with Gasteiger partial charge in [0.05, 0.1) is 11.2 Å². The van der Waals surface area contributed by atoms with E-state index in [9.17, 15) is 10.2 Å². The van der Waals surface area contributed by atoms with Crippen molar-refractivity contribution in [1.82, 2.24) is 0 Å². The van der Waals surface area contributed by atoms with Gasteiger partial charge in [-0.15, -0.1) is 0 Å². The van der Waals surface area contributed by atoms with Crippen LogP contribution < -0.4 is 4.74 Å². The quantitative estimate of drug-likeness (QED) is 0.806. The molecule has 0 aliphatic carbocycles. The minimum absolute atomic E-state index is 0.649. The number of aliphatic hydroxyl groups is 2. The van der Waals surface area contributed by atoms with E-state index in [2.05, 4.69) is 0 Å². The van der Waals surface area contributed by atoms with Gasteiger partial charge in [0.1, 0.15) is 11.5 Å². The molecule has 0 heterocycles. The molecular weight excluding hydrogens is 312 g/mol. The molecule has 0 bridgehead atoms. The predicted octanol–water partition coefficient (Wildman–Crippen LogP) is 5.17. The van der Waals surface area contributed by atoms with Crippen LogP contribution in [-0.2, 0) is 11.2 Å². The number of ether oxygens (including phenoxy) is 1. The second kappa shape index (κ2) is 6.47. The average molecular weight is 342 g/mol. The van der Waals surface area contributed by atoms with E-state index >= 15 is 0 Å². The van der Waals surface area contributed by atoms with Crippen LogP contribution in [0.2, 0.25) is 0 Å². The number of aryl methyl sites for hydroxylation is 4. The summed E-state index contributed by atoms with van der Waals surface area (Å²) < 4.78 is 6.35. The van der Waals surface area contributed by atoms with Crippen LogP contribution in [0.3, 0.4) is 0 Å². The van der Waals surface area contributed by atoms with Gasteiger partial charge >= 0.3 is 0 Å². The Hall–Kier alpha value is -1.84. The Morgan fingerprint density at radius 1 is 0.640 bits per heavy atom. The van der Waals surface area contributed by atoms with E-state index < -0.39 is 11.2 Å². The summed E-state index contributed by atoms with van der Waals surface area (Å²) in [6.07, 6.45) is 0. The first-order valence-corrected chi connectivity index (χ1v) is 8.66. The zero-order chi connectivity index (χ0) is 19.2. The van der Waals surface area contributed by atoms with Gasteiger partial charge in [0, 0.05) is 11.1 Å². The normalized spacial score (nSPS) is 12.4. The summed E-state index contributed by atoms with van der Waals surface area (Å²) in [5.41, 5.74) is 3.49. The standard InChI is InChI=1S/C22H30O3/c1-13-9-15(3)19(17(11-13)21(5,6)23)25-20-16(4)10-14(2)12-18(20)22(7,8)24/h9-12,23-24H,1-8H3. The van der Waals surface area contributed by atoms with Gasteiger partial charge < -0.3 is 14.9 Å². The van der Waals surface area contributed by atoms with Gasteiger partial charge in [-0.25, -0.2) is 0 Å². The maximum Gasteiger partial charge on any atom is 0.136 e. The number of benzene rings is 2. The molecule has 0 spiro atoms. The lowest BCUT2D eigenvalue weighted by Crippen LogP contribution is -2.20. The molecule has 3 nitrogen and oxygen atoms in total. The summed E-state index contributed by atoms with van der Waals surface area (Å²) in [7, 11) is 0. The molecular formula is C22H30O3. The molecule has 3 heteroatoms. The van der Waals surface area contributed by atoms with Gasteiger partial charge in [-0.05, 0) is 78.6 Å². The van der Waals surface area contributed by atoms with E-state index in [0.717, 1.165) is 33.4 Å². The molecule has 0 saturated heterocycles. The highest BCUT2D eigenvalue weighted by atomic mass is 16.5. The van der Waals surface area contributed by atoms with Gasteiger partial charge in [0.2, 0.25) is 0 Å². The topological polar surface area (TPSA) is 49.7 Å². The summed E-state index contributed by atoms with van der Waals surface area (Å²) in [5, 5.41) is 21.2. The lowest BCUT2D eigenvalue weighted by molar-refractivity contribution is 0.0732. The van der Waals surface area contributed by atoms with E-state index in [1.54, 1.807) is 27.7 Å². The molecule has 0 saturated carbocycles. The third kappa shape index (κ3) is 4.23. The largest absolute Gasteiger partial charge is 0.456 e. The molecule has 0 aliphatic rings. The number of hydrogen-bond donors (Lipinski definition) is 2. The van der Waals surface area contributed by atoms with Crippen LogP contribution in [0.15, 0.2) is 24.3 Å². The van der Waals surface area contributed by atoms with Gasteiger partial charge in [0.25, 0.3) is 0 Å². The van der Waals surface area contributed by atoms with Crippen LogP contribution >= 0.6 is 0 Å². The first-order valence-electron chi connectivity index (χ1n) is 8.66. The monoisotopic (exact) mass is 342 g/mol. The molecule has 25 heavy (non-hydrogen) atoms. The molecule has 2 N–H and O–H groups in total. The van der Waals surface area contributed by atoms with Crippen molar-refractivity contribution >= 4 is 0 Å². The Bertz CT molecular complexity index is 723. The Morgan fingerprint density at radius 2 is 0.960 bits per heavy atom. The minimum Gasteiger partial charge on any atom is -0.456 e. The zero-order valence-electron chi connectivity index (χ0n) is 16.6. The number of hydrogen-bond acceptors (Lipinski definition) is 3. The van der Waals surface area contributed by atoms with E-state index in [4.69, 9.17) is 4.74 Å². The second-order valence-electron chi connectivity index (χ2n) is 8.14. The van der Waals surface area contributed by atoms with Crippen molar-refractivity contribution in [3.63, 3.8) is 0 Å². The summed E-state index contributed by atoms with van der Waals surface area (Å²) in [6, 6.07) is 7.99. The Labute approximate surface area is 151 Å². The molecule has 2 aromatic carbocycles. The molecule has 0 aromatic heterocycles. The maximum absolute atomic E-state index is 10.6. The van der Waals surface area contributed by atoms with E-state index in [0.29, 0.717) is 11.5 Å². The maximum atomic E-state index is 10.6. The highest BCUT2D eigenvalue weighted by Crippen LogP contribution is 2.41. The van der Waals surface area contributed by atoms with E-state index in [-0.39, 0.29) is 0 Å². The van der Waals surface area contributed by atoms with Crippen molar-refractivity contribution in [1.29, 1.82) is 0 Å². The van der Waals surface area contributed by atoms with Crippen molar-refractivity contribution in [2.24, 2.45) is 0 Å². The molecule has 0 atom stereocenters. The van der Waals surface area contributed by atoms with Gasteiger partial charge in [-0.2, -0.15) is 0 Å². The lowest BCUT2D eigenvalue weighted by atomic mass is 9.91. The van der Waals surface area contributed by atoms with Crippen LogP contribution in [0.25, 0.3) is 0 Å². The summed E-state index contributed by atoms with van der Waals surface area (Å²) in [6.45, 7) is 15.0. The molecule has 136 valence electrons. The molecule has 0 aliphatic heterocycles. The summed E-state index contributed by atoms with van der Waals surface area (Å²) >= 11 is 0. The molecule has 2 rings (SSSR count). The van der Waals surface area contributed by atoms with Gasteiger partial charge in [-0.1, -0.05) is 23.3 Å². The van der Waals surface area contributed by atoms with E-state index in [1.165, 1.54) is 0 Å². The summed E-state index contributed by atoms with van der Waals surface area (Å²) in [5.74, 6) is 1.30. The highest BCUT2D eigenvalue weighted by molar-refractivity contribution is 5.53. The molecule has 0 amide bonds. The first kappa shape index (κ1) is 19.5. The molecule has 0 radical (unpaired) electrons. The third-order valence-electron chi connectivity index (χ3n) is 4.36. The van der Waals surface area contributed by atoms with Crippen LogP contribution in [-0.4, -0.2) is 10.2 Å². The van der Waals surface area contributed by atoms with Crippen molar-refractivity contribution in [3.05, 3.63) is 57.6 Å². The van der Waals surface area contributed by atoms with Gasteiger partial charge in [-0.3, -0.25) is 0 Å². The predicted molar refractivity (Wildman–Crippen MR) is 102 cm³/mol. The first-order chi connectivity index (χ1) is 11.3. The smallest absolute Gasteiger partial charge is 0.136 e. The SMILES string of the molecule is Cc1cc(C)c(Oc2c(C)cc(C)cc2C(C)(C)O)c(C(C)(C)O)c1. The molecule has 2 aromatic rings. The van der Waals surface area contributed by atoms with Crippen molar-refractivity contribution in [3.8, 4) is 11.5 Å².